The molecule has 0 unspecified atom stereocenters. The summed E-state index contributed by atoms with van der Waals surface area (Å²) in [7, 11) is -3.97. The number of nitrogen functional groups attached to an aromatic ring is 1. The normalized spacial score (nSPS) is 11.4. The Morgan fingerprint density at radius 1 is 0.969 bits per heavy atom. The van der Waals surface area contributed by atoms with E-state index in [2.05, 4.69) is 5.32 Å². The van der Waals surface area contributed by atoms with Crippen LogP contribution >= 0.6 is 0 Å². The fourth-order valence-corrected chi connectivity index (χ4v) is 4.01. The van der Waals surface area contributed by atoms with E-state index >= 15 is 0 Å². The third-order valence-corrected chi connectivity index (χ3v) is 5.64. The number of pyridine rings is 1. The number of aromatic nitrogens is 1. The van der Waals surface area contributed by atoms with E-state index in [9.17, 15) is 8.42 Å². The van der Waals surface area contributed by atoms with Crippen LogP contribution in [0.3, 0.4) is 0 Å². The number of nitrogens with two attached hydrogens (primary N) is 1. The van der Waals surface area contributed by atoms with Crippen molar-refractivity contribution in [3.05, 3.63) is 72.3 Å². The van der Waals surface area contributed by atoms with Gasteiger partial charge in [-0.25, -0.2) is 4.98 Å². The molecule has 0 bridgehead atoms. The van der Waals surface area contributed by atoms with Gasteiger partial charge < -0.3 is 15.8 Å². The van der Waals surface area contributed by atoms with E-state index in [0.29, 0.717) is 5.69 Å². The van der Waals surface area contributed by atoms with Crippen molar-refractivity contribution in [1.82, 2.24) is 4.98 Å². The molecule has 4 aromatic rings. The molecule has 0 saturated heterocycles. The largest absolute Gasteiger partial charge is 1.00 e. The number of fused-ring (bicyclic) bond motifs is 2. The Morgan fingerprint density at radius 3 is 2.22 bits per heavy atom. The molecular formula is C23H23N3NaO4S+. The maximum Gasteiger partial charge on any atom is 1.00 e. The molecule has 0 aliphatic rings. The second-order valence-electron chi connectivity index (χ2n) is 7.30. The number of nitrogens with zero attached hydrogens (tertiary/aromatic N) is 1. The standard InChI is InChI=1S/C23H23N3O4S.Na/c24-17-12-16(15-30-10-5-11-31(27,28)29)13-18(14-17)25-23-19-6-1-3-8-21(19)26-22-9-4-2-7-20(22)23;/h1-4,6-9,12-14H,5,10-11,15,24H2,(H,25,26)(H,27,28,29);/q;+1. The molecular weight excluding hydrogens is 437 g/mol. The van der Waals surface area contributed by atoms with E-state index in [0.717, 1.165) is 38.7 Å². The average Bonchev–Trinajstić information content (AvgIpc) is 2.72. The first-order chi connectivity index (χ1) is 14.9. The van der Waals surface area contributed by atoms with Crippen molar-refractivity contribution in [3.8, 4) is 0 Å². The monoisotopic (exact) mass is 460 g/mol. The molecule has 0 atom stereocenters. The van der Waals surface area contributed by atoms with Gasteiger partial charge in [-0.3, -0.25) is 4.55 Å². The van der Waals surface area contributed by atoms with Crippen LogP contribution in [0.25, 0.3) is 21.8 Å². The Labute approximate surface area is 209 Å². The second kappa shape index (κ2) is 10.6. The Kier molecular flexibility index (Phi) is 8.10. The molecule has 1 aromatic heterocycles. The van der Waals surface area contributed by atoms with Gasteiger partial charge in [0.15, 0.2) is 0 Å². The minimum atomic E-state index is -3.97. The third kappa shape index (κ3) is 6.19. The van der Waals surface area contributed by atoms with Crippen LogP contribution in [0.5, 0.6) is 0 Å². The first kappa shape index (κ1) is 24.4. The Bertz CT molecular complexity index is 1290. The predicted molar refractivity (Wildman–Crippen MR) is 124 cm³/mol. The molecule has 7 nitrogen and oxygen atoms in total. The molecule has 0 aliphatic heterocycles. The summed E-state index contributed by atoms with van der Waals surface area (Å²) in [5.74, 6) is -0.321. The maximum atomic E-state index is 10.8. The summed E-state index contributed by atoms with van der Waals surface area (Å²) < 4.78 is 35.9. The topological polar surface area (TPSA) is 115 Å². The van der Waals surface area contributed by atoms with Crippen molar-refractivity contribution in [2.45, 2.75) is 13.0 Å². The zero-order valence-electron chi connectivity index (χ0n) is 17.8. The molecule has 0 aliphatic carbocycles. The van der Waals surface area contributed by atoms with Crippen LogP contribution in [0.1, 0.15) is 12.0 Å². The van der Waals surface area contributed by atoms with Gasteiger partial charge in [0.05, 0.1) is 29.1 Å². The number of para-hydroxylation sites is 2. The summed E-state index contributed by atoms with van der Waals surface area (Å²) >= 11 is 0. The van der Waals surface area contributed by atoms with Crippen molar-refractivity contribution < 1.29 is 47.3 Å². The Balaban J connectivity index is 0.00000289. The molecule has 32 heavy (non-hydrogen) atoms. The molecule has 0 fully saturated rings. The Hall–Kier alpha value is -2.20. The zero-order chi connectivity index (χ0) is 21.8. The van der Waals surface area contributed by atoms with Gasteiger partial charge in [-0.05, 0) is 42.3 Å². The number of benzene rings is 3. The fourth-order valence-electron chi connectivity index (χ4n) is 3.53. The van der Waals surface area contributed by atoms with Gasteiger partial charge in [0.25, 0.3) is 10.1 Å². The molecule has 0 amide bonds. The summed E-state index contributed by atoms with van der Waals surface area (Å²) in [6, 6.07) is 21.5. The molecule has 160 valence electrons. The van der Waals surface area contributed by atoms with E-state index in [4.69, 9.17) is 20.0 Å². The SMILES string of the molecule is Nc1cc(COCCCS(=O)(=O)O)cc(Nc2c3ccccc3nc3ccccc23)c1.[Na+]. The third-order valence-electron chi connectivity index (χ3n) is 4.83. The van der Waals surface area contributed by atoms with Gasteiger partial charge in [-0.1, -0.05) is 36.4 Å². The zero-order valence-corrected chi connectivity index (χ0v) is 20.6. The van der Waals surface area contributed by atoms with Gasteiger partial charge in [0, 0.05) is 28.8 Å². The number of anilines is 3. The number of nitrogens with one attached hydrogen (secondary N) is 1. The van der Waals surface area contributed by atoms with Crippen molar-refractivity contribution in [2.75, 3.05) is 23.4 Å². The van der Waals surface area contributed by atoms with Gasteiger partial charge in [0.2, 0.25) is 0 Å². The smallest absolute Gasteiger partial charge is 0.399 e. The number of rotatable bonds is 8. The number of hydrogen-bond acceptors (Lipinski definition) is 6. The van der Waals surface area contributed by atoms with Crippen LogP contribution in [0, 0.1) is 0 Å². The number of ether oxygens (including phenoxy) is 1. The van der Waals surface area contributed by atoms with Crippen molar-refractivity contribution in [2.24, 2.45) is 0 Å². The van der Waals surface area contributed by atoms with Crippen LogP contribution in [0.15, 0.2) is 66.7 Å². The van der Waals surface area contributed by atoms with Gasteiger partial charge in [-0.2, -0.15) is 8.42 Å². The van der Waals surface area contributed by atoms with Crippen LogP contribution in [-0.2, 0) is 21.5 Å². The first-order valence-electron chi connectivity index (χ1n) is 9.86. The number of hydrogen-bond donors (Lipinski definition) is 3. The Morgan fingerprint density at radius 2 is 1.59 bits per heavy atom. The second-order valence-corrected chi connectivity index (χ2v) is 8.87. The first-order valence-corrected chi connectivity index (χ1v) is 11.5. The van der Waals surface area contributed by atoms with Crippen molar-refractivity contribution in [1.29, 1.82) is 0 Å². The quantitative estimate of drug-likeness (QED) is 0.120. The summed E-state index contributed by atoms with van der Waals surface area (Å²) in [6.45, 7) is 0.500. The predicted octanol–water partition coefficient (Wildman–Crippen LogP) is 1.51. The molecule has 9 heteroatoms. The average molecular weight is 461 g/mol. The van der Waals surface area contributed by atoms with Gasteiger partial charge >= 0.3 is 29.6 Å². The molecule has 3 aromatic carbocycles. The minimum Gasteiger partial charge on any atom is -0.399 e. The summed E-state index contributed by atoms with van der Waals surface area (Å²) in [4.78, 5) is 4.74. The summed E-state index contributed by atoms with van der Waals surface area (Å²) in [5, 5.41) is 5.52. The summed E-state index contributed by atoms with van der Waals surface area (Å²) in [6.07, 6.45) is 0.223. The summed E-state index contributed by atoms with van der Waals surface area (Å²) in [5.41, 5.74) is 11.1. The molecule has 4 rings (SSSR count). The minimum absolute atomic E-state index is 0. The molecule has 0 saturated carbocycles. The molecule has 0 spiro atoms. The molecule has 1 heterocycles. The van der Waals surface area contributed by atoms with E-state index in [1.165, 1.54) is 0 Å². The van der Waals surface area contributed by atoms with Crippen LogP contribution in [0.2, 0.25) is 0 Å². The van der Waals surface area contributed by atoms with Gasteiger partial charge in [0.1, 0.15) is 0 Å². The fraction of sp³-hybridized carbons (Fsp3) is 0.174. The van der Waals surface area contributed by atoms with E-state index in [1.54, 1.807) is 0 Å². The van der Waals surface area contributed by atoms with Crippen molar-refractivity contribution >= 4 is 49.0 Å². The van der Waals surface area contributed by atoms with E-state index in [1.807, 2.05) is 66.7 Å². The van der Waals surface area contributed by atoms with Crippen LogP contribution in [0.4, 0.5) is 17.1 Å². The van der Waals surface area contributed by atoms with Crippen molar-refractivity contribution in [3.63, 3.8) is 0 Å². The van der Waals surface area contributed by atoms with Crippen LogP contribution < -0.4 is 40.6 Å². The maximum absolute atomic E-state index is 10.8. The van der Waals surface area contributed by atoms with Crippen LogP contribution in [-0.4, -0.2) is 30.3 Å². The molecule has 0 radical (unpaired) electrons. The van der Waals surface area contributed by atoms with E-state index in [-0.39, 0.29) is 54.9 Å². The molecule has 4 N–H and O–H groups in total. The van der Waals surface area contributed by atoms with E-state index < -0.39 is 10.1 Å². The van der Waals surface area contributed by atoms with Gasteiger partial charge in [-0.15, -0.1) is 0 Å².